The van der Waals surface area contributed by atoms with Gasteiger partial charge >= 0.3 is 0 Å². The first kappa shape index (κ1) is 19.6. The molecule has 0 saturated carbocycles. The molecule has 0 aromatic heterocycles. The number of carbonyl (C=O) groups is 1. The average molecular weight is 389 g/mol. The zero-order valence-corrected chi connectivity index (χ0v) is 16.6. The number of piperidine rings is 1. The van der Waals surface area contributed by atoms with Gasteiger partial charge in [0.05, 0.1) is 6.61 Å². The first-order valence-electron chi connectivity index (χ1n) is 10.3. The molecule has 4 heteroatoms. The van der Waals surface area contributed by atoms with Crippen molar-refractivity contribution in [3.63, 3.8) is 0 Å². The lowest BCUT2D eigenvalue weighted by Gasteiger charge is -2.32. The number of fused-ring (bicyclic) bond motifs is 1. The van der Waals surface area contributed by atoms with Gasteiger partial charge in [0.25, 0.3) is 0 Å². The smallest absolute Gasteiger partial charge is 0.167 e. The van der Waals surface area contributed by atoms with Gasteiger partial charge in [-0.1, -0.05) is 54.6 Å². The van der Waals surface area contributed by atoms with Crippen molar-refractivity contribution >= 4 is 16.6 Å². The fourth-order valence-corrected chi connectivity index (χ4v) is 4.23. The van der Waals surface area contributed by atoms with Crippen molar-refractivity contribution in [3.8, 4) is 5.75 Å². The van der Waals surface area contributed by atoms with Crippen LogP contribution in [0.1, 0.15) is 28.8 Å². The summed E-state index contributed by atoms with van der Waals surface area (Å²) >= 11 is 0. The lowest BCUT2D eigenvalue weighted by atomic mass is 9.88. The standard InChI is InChI=1S/C25H27NO3/c27-14-15-29-22-10-3-6-19(16-22)17-26-13-5-9-21(18-26)25(28)24-12-4-8-20-7-1-2-11-23(20)24/h1-4,6-8,10-12,16,21,27H,5,9,13-15,17-18H2. The maximum absolute atomic E-state index is 13.3. The van der Waals surface area contributed by atoms with E-state index in [-0.39, 0.29) is 18.3 Å². The Morgan fingerprint density at radius 2 is 1.90 bits per heavy atom. The van der Waals surface area contributed by atoms with E-state index in [0.717, 1.165) is 54.6 Å². The van der Waals surface area contributed by atoms with Crippen LogP contribution >= 0.6 is 0 Å². The third-order valence-electron chi connectivity index (χ3n) is 5.60. The first-order chi connectivity index (χ1) is 14.2. The van der Waals surface area contributed by atoms with Crippen LogP contribution < -0.4 is 4.74 Å². The molecule has 1 fully saturated rings. The topological polar surface area (TPSA) is 49.8 Å². The molecule has 0 bridgehead atoms. The molecular formula is C25H27NO3. The summed E-state index contributed by atoms with van der Waals surface area (Å²) in [5, 5.41) is 11.1. The highest BCUT2D eigenvalue weighted by atomic mass is 16.5. The summed E-state index contributed by atoms with van der Waals surface area (Å²) < 4.78 is 5.52. The van der Waals surface area contributed by atoms with Gasteiger partial charge in [-0.2, -0.15) is 0 Å². The number of rotatable bonds is 7. The molecule has 1 N–H and O–H groups in total. The lowest BCUT2D eigenvalue weighted by molar-refractivity contribution is 0.0813. The number of likely N-dealkylation sites (tertiary alicyclic amines) is 1. The number of hydrogen-bond donors (Lipinski definition) is 1. The molecule has 0 spiro atoms. The van der Waals surface area contributed by atoms with Crippen LogP contribution in [0.15, 0.2) is 66.7 Å². The van der Waals surface area contributed by atoms with Crippen molar-refractivity contribution in [2.24, 2.45) is 5.92 Å². The first-order valence-corrected chi connectivity index (χ1v) is 10.3. The Morgan fingerprint density at radius 3 is 2.79 bits per heavy atom. The number of nitrogens with zero attached hydrogens (tertiary/aromatic N) is 1. The van der Waals surface area contributed by atoms with Gasteiger partial charge in [0.2, 0.25) is 0 Å². The molecule has 29 heavy (non-hydrogen) atoms. The summed E-state index contributed by atoms with van der Waals surface area (Å²) in [5.41, 5.74) is 2.01. The Kier molecular flexibility index (Phi) is 6.23. The molecule has 150 valence electrons. The lowest BCUT2D eigenvalue weighted by Crippen LogP contribution is -2.38. The van der Waals surface area contributed by atoms with E-state index in [9.17, 15) is 4.79 Å². The molecule has 1 unspecified atom stereocenters. The Bertz CT molecular complexity index is 979. The molecule has 0 amide bonds. The van der Waals surface area contributed by atoms with Crippen LogP contribution in [0.2, 0.25) is 0 Å². The van der Waals surface area contributed by atoms with Crippen molar-refractivity contribution in [2.75, 3.05) is 26.3 Å². The summed E-state index contributed by atoms with van der Waals surface area (Å²) in [4.78, 5) is 15.7. The molecule has 0 radical (unpaired) electrons. The van der Waals surface area contributed by atoms with Crippen LogP contribution in [0.5, 0.6) is 5.75 Å². The van der Waals surface area contributed by atoms with Crippen LogP contribution in [-0.4, -0.2) is 42.1 Å². The second-order valence-corrected chi connectivity index (χ2v) is 7.68. The van der Waals surface area contributed by atoms with Gasteiger partial charge in [0.15, 0.2) is 5.78 Å². The van der Waals surface area contributed by atoms with E-state index in [0.29, 0.717) is 6.61 Å². The summed E-state index contributed by atoms with van der Waals surface area (Å²) in [5.74, 6) is 1.06. The number of carbonyl (C=O) groups excluding carboxylic acids is 1. The Hall–Kier alpha value is -2.69. The minimum Gasteiger partial charge on any atom is -0.491 e. The molecule has 3 aromatic rings. The molecular weight excluding hydrogens is 362 g/mol. The van der Waals surface area contributed by atoms with E-state index in [1.54, 1.807) is 0 Å². The minimum atomic E-state index is 0.00825. The molecule has 1 atom stereocenters. The fraction of sp³-hybridized carbons (Fsp3) is 0.320. The number of aliphatic hydroxyl groups excluding tert-OH is 1. The molecule has 1 aliphatic heterocycles. The molecule has 4 rings (SSSR count). The van der Waals surface area contributed by atoms with E-state index < -0.39 is 0 Å². The zero-order valence-electron chi connectivity index (χ0n) is 16.6. The number of benzene rings is 3. The molecule has 1 aliphatic rings. The van der Waals surface area contributed by atoms with Crippen LogP contribution in [0.4, 0.5) is 0 Å². The van der Waals surface area contributed by atoms with Crippen molar-refractivity contribution < 1.29 is 14.6 Å². The van der Waals surface area contributed by atoms with Gasteiger partial charge in [-0.15, -0.1) is 0 Å². The number of ketones is 1. The molecule has 0 aliphatic carbocycles. The normalized spacial score (nSPS) is 17.3. The minimum absolute atomic E-state index is 0.00825. The van der Waals surface area contributed by atoms with E-state index in [4.69, 9.17) is 9.84 Å². The summed E-state index contributed by atoms with van der Waals surface area (Å²) in [6, 6.07) is 22.1. The number of ether oxygens (including phenoxy) is 1. The van der Waals surface area contributed by atoms with Crippen molar-refractivity contribution in [1.82, 2.24) is 4.90 Å². The highest BCUT2D eigenvalue weighted by Gasteiger charge is 2.27. The van der Waals surface area contributed by atoms with E-state index >= 15 is 0 Å². The van der Waals surface area contributed by atoms with Gasteiger partial charge in [0.1, 0.15) is 12.4 Å². The van der Waals surface area contributed by atoms with E-state index in [2.05, 4.69) is 23.1 Å². The third kappa shape index (κ3) is 4.66. The predicted octanol–water partition coefficient (Wildman–Crippen LogP) is 4.31. The SMILES string of the molecule is O=C(c1cccc2ccccc12)C1CCCN(Cc2cccc(OCCO)c2)C1. The maximum atomic E-state index is 13.3. The number of hydrogen-bond acceptors (Lipinski definition) is 4. The van der Waals surface area contributed by atoms with Crippen molar-refractivity contribution in [3.05, 3.63) is 77.9 Å². The highest BCUT2D eigenvalue weighted by Crippen LogP contribution is 2.27. The molecule has 1 saturated heterocycles. The van der Waals surface area contributed by atoms with Crippen LogP contribution in [0, 0.1) is 5.92 Å². The third-order valence-corrected chi connectivity index (χ3v) is 5.60. The van der Waals surface area contributed by atoms with E-state index in [1.807, 2.05) is 48.5 Å². The highest BCUT2D eigenvalue weighted by molar-refractivity contribution is 6.09. The number of aliphatic hydroxyl groups is 1. The van der Waals surface area contributed by atoms with Crippen molar-refractivity contribution in [1.29, 1.82) is 0 Å². The Morgan fingerprint density at radius 1 is 1.07 bits per heavy atom. The predicted molar refractivity (Wildman–Crippen MR) is 115 cm³/mol. The quantitative estimate of drug-likeness (QED) is 0.612. The largest absolute Gasteiger partial charge is 0.491 e. The van der Waals surface area contributed by atoms with Crippen LogP contribution in [0.25, 0.3) is 10.8 Å². The van der Waals surface area contributed by atoms with E-state index in [1.165, 1.54) is 5.56 Å². The molecule has 1 heterocycles. The molecule has 4 nitrogen and oxygen atoms in total. The van der Waals surface area contributed by atoms with Gasteiger partial charge in [-0.25, -0.2) is 0 Å². The monoisotopic (exact) mass is 389 g/mol. The number of Topliss-reactive ketones (excluding diaryl/α,β-unsaturated/α-hetero) is 1. The van der Waals surface area contributed by atoms with Crippen LogP contribution in [-0.2, 0) is 6.54 Å². The van der Waals surface area contributed by atoms with Crippen molar-refractivity contribution in [2.45, 2.75) is 19.4 Å². The van der Waals surface area contributed by atoms with Gasteiger partial charge in [-0.05, 0) is 47.9 Å². The summed E-state index contributed by atoms with van der Waals surface area (Å²) in [6.07, 6.45) is 1.97. The molecule has 3 aromatic carbocycles. The van der Waals surface area contributed by atoms with Gasteiger partial charge in [0, 0.05) is 24.6 Å². The van der Waals surface area contributed by atoms with Gasteiger partial charge < -0.3 is 9.84 Å². The van der Waals surface area contributed by atoms with Gasteiger partial charge in [-0.3, -0.25) is 9.69 Å². The Balaban J connectivity index is 1.46. The Labute approximate surface area is 171 Å². The second-order valence-electron chi connectivity index (χ2n) is 7.68. The summed E-state index contributed by atoms with van der Waals surface area (Å²) in [7, 11) is 0. The summed E-state index contributed by atoms with van der Waals surface area (Å²) in [6.45, 7) is 2.89. The zero-order chi connectivity index (χ0) is 20.1. The maximum Gasteiger partial charge on any atom is 0.167 e. The second kappa shape index (κ2) is 9.21. The van der Waals surface area contributed by atoms with Crippen LogP contribution in [0.3, 0.4) is 0 Å². The fourth-order valence-electron chi connectivity index (χ4n) is 4.23. The average Bonchev–Trinajstić information content (AvgIpc) is 2.77.